The van der Waals surface area contributed by atoms with Gasteiger partial charge < -0.3 is 40.9 Å². The van der Waals surface area contributed by atoms with Crippen molar-refractivity contribution >= 4 is 43.1 Å². The lowest BCUT2D eigenvalue weighted by Gasteiger charge is -2.33. The van der Waals surface area contributed by atoms with Gasteiger partial charge in [-0.2, -0.15) is 0 Å². The molecule has 0 spiro atoms. The Hall–Kier alpha value is -8.36. The molecule has 0 saturated heterocycles. The van der Waals surface area contributed by atoms with Crippen molar-refractivity contribution in [2.75, 3.05) is 0 Å². The van der Waals surface area contributed by atoms with Crippen molar-refractivity contribution in [3.8, 4) is 57.1 Å². The fourth-order valence-electron chi connectivity index (χ4n) is 9.55. The molecule has 0 aliphatic heterocycles. The molecule has 8 nitrogen and oxygen atoms in total. The van der Waals surface area contributed by atoms with Crippen LogP contribution < -0.4 is 0 Å². The van der Waals surface area contributed by atoms with Crippen molar-refractivity contribution in [3.63, 3.8) is 0 Å². The highest BCUT2D eigenvalue weighted by atomic mass is 16.3. The third kappa shape index (κ3) is 7.63. The molecule has 0 aliphatic carbocycles. The van der Waals surface area contributed by atoms with Crippen LogP contribution in [0.5, 0.6) is 46.0 Å². The normalized spacial score (nSPS) is 11.6. The largest absolute Gasteiger partial charge is 0.507 e. The Morgan fingerprint density at radius 1 is 0.235 bits per heavy atom. The molecule has 0 bridgehead atoms. The van der Waals surface area contributed by atoms with E-state index in [1.807, 2.05) is 114 Å². The molecule has 0 radical (unpaired) electrons. The van der Waals surface area contributed by atoms with Crippen LogP contribution in [0.4, 0.5) is 0 Å². The summed E-state index contributed by atoms with van der Waals surface area (Å²) in [7, 11) is 0. The predicted octanol–water partition coefficient (Wildman–Crippen LogP) is 14.4. The van der Waals surface area contributed by atoms with Gasteiger partial charge in [0.25, 0.3) is 0 Å². The van der Waals surface area contributed by atoms with E-state index < -0.39 is 10.8 Å². The van der Waals surface area contributed by atoms with E-state index in [4.69, 9.17) is 0 Å². The van der Waals surface area contributed by atoms with Gasteiger partial charge in [0.05, 0.1) is 0 Å². The maximum absolute atomic E-state index is 11.3. The lowest BCUT2D eigenvalue weighted by Crippen LogP contribution is -2.25. The lowest BCUT2D eigenvalue weighted by atomic mass is 9.69. The third-order valence-electron chi connectivity index (χ3n) is 13.4. The van der Waals surface area contributed by atoms with Crippen molar-refractivity contribution in [2.24, 2.45) is 0 Å². The summed E-state index contributed by atoms with van der Waals surface area (Å²) in [5.41, 5.74) is 3.92. The Bertz CT molecular complexity index is 3090. The molecule has 0 saturated carbocycles. The summed E-state index contributed by atoms with van der Waals surface area (Å²) in [6.45, 7) is 12.0. The minimum atomic E-state index is -1.02. The number of hydrogen-bond donors (Lipinski definition) is 8. The second kappa shape index (κ2) is 18.1. The van der Waals surface area contributed by atoms with Gasteiger partial charge in [-0.25, -0.2) is 0 Å². The first-order valence-electron chi connectivity index (χ1n) is 22.8. The molecule has 0 fully saturated rings. The number of fused-ring (bicyclic) bond motifs is 4. The summed E-state index contributed by atoms with van der Waals surface area (Å²) in [5.74, 6) is -0.0199. The molecule has 0 amide bonds. The maximum atomic E-state index is 11.3. The average Bonchev–Trinajstić information content (AvgIpc) is 3.36. The minimum Gasteiger partial charge on any atom is -0.507 e. The summed E-state index contributed by atoms with van der Waals surface area (Å²) in [6, 6.07) is 49.9. The minimum absolute atomic E-state index is 0.0111. The molecule has 8 N–H and O–H groups in total. The van der Waals surface area contributed by atoms with E-state index in [2.05, 4.69) is 0 Å². The van der Waals surface area contributed by atoms with Crippen molar-refractivity contribution < 1.29 is 40.9 Å². The van der Waals surface area contributed by atoms with E-state index in [0.29, 0.717) is 65.3 Å². The number of benzene rings is 10. The fraction of sp³-hybridized carbons (Fsp3) is 0.133. The zero-order valence-corrected chi connectivity index (χ0v) is 38.7. The van der Waals surface area contributed by atoms with Crippen LogP contribution in [0.25, 0.3) is 54.2 Å². The topological polar surface area (TPSA) is 162 Å². The average molecular weight is 903 g/mol. The molecule has 0 aliphatic rings. The van der Waals surface area contributed by atoms with Crippen LogP contribution in [-0.4, -0.2) is 40.9 Å². The van der Waals surface area contributed by atoms with E-state index in [9.17, 15) is 40.9 Å². The van der Waals surface area contributed by atoms with E-state index in [1.54, 1.807) is 97.1 Å². The molecule has 10 aromatic carbocycles. The van der Waals surface area contributed by atoms with Crippen molar-refractivity contribution in [1.29, 1.82) is 0 Å². The van der Waals surface area contributed by atoms with Gasteiger partial charge in [-0.3, -0.25) is 0 Å². The molecule has 0 atom stereocenters. The molecule has 0 unspecified atom stereocenters. The Balaban J connectivity index is 0.00000152. The molecule has 8 heteroatoms. The van der Waals surface area contributed by atoms with E-state index in [1.165, 1.54) is 0 Å². The highest BCUT2D eigenvalue weighted by molar-refractivity contribution is 5.97. The highest BCUT2D eigenvalue weighted by Gasteiger charge is 2.35. The van der Waals surface area contributed by atoms with Gasteiger partial charge in [-0.05, 0) is 131 Å². The van der Waals surface area contributed by atoms with E-state index in [-0.39, 0.29) is 46.0 Å². The van der Waals surface area contributed by atoms with E-state index >= 15 is 0 Å². The van der Waals surface area contributed by atoms with Crippen LogP contribution in [0.15, 0.2) is 170 Å². The summed E-state index contributed by atoms with van der Waals surface area (Å²) < 4.78 is 0. The molecule has 10 rings (SSSR count). The van der Waals surface area contributed by atoms with Gasteiger partial charge in [-0.15, -0.1) is 0 Å². The smallest absolute Gasteiger partial charge is 0.123 e. The predicted molar refractivity (Wildman–Crippen MR) is 275 cm³/mol. The van der Waals surface area contributed by atoms with Crippen LogP contribution in [0, 0.1) is 0 Å². The highest BCUT2D eigenvalue weighted by Crippen LogP contribution is 2.49. The first kappa shape index (κ1) is 46.2. The number of rotatable bonds is 7. The summed E-state index contributed by atoms with van der Waals surface area (Å²) >= 11 is 0. The quantitative estimate of drug-likeness (QED) is 0.0733. The molecule has 68 heavy (non-hydrogen) atoms. The van der Waals surface area contributed by atoms with Gasteiger partial charge in [-0.1, -0.05) is 125 Å². The third-order valence-corrected chi connectivity index (χ3v) is 13.4. The molecule has 342 valence electrons. The van der Waals surface area contributed by atoms with Crippen LogP contribution in [0.2, 0.25) is 0 Å². The van der Waals surface area contributed by atoms with Crippen molar-refractivity contribution in [3.05, 3.63) is 203 Å². The van der Waals surface area contributed by atoms with Crippen LogP contribution in [0.3, 0.4) is 0 Å². The second-order valence-corrected chi connectivity index (χ2v) is 16.9. The van der Waals surface area contributed by atoms with Crippen molar-refractivity contribution in [1.82, 2.24) is 0 Å². The van der Waals surface area contributed by atoms with Gasteiger partial charge in [0.2, 0.25) is 0 Å². The number of aromatic hydroxyl groups is 8. The number of phenolic OH excluding ortho intramolecular Hbond substituents is 8. The molecular formula is C60H54O8. The Kier molecular flexibility index (Phi) is 12.3. The van der Waals surface area contributed by atoms with E-state index in [0.717, 1.165) is 22.3 Å². The summed E-state index contributed by atoms with van der Waals surface area (Å²) in [5, 5.41) is 92.8. The Morgan fingerprint density at radius 2 is 0.456 bits per heavy atom. The Labute approximate surface area is 395 Å². The van der Waals surface area contributed by atoms with Gasteiger partial charge in [0.1, 0.15) is 46.0 Å². The first-order chi connectivity index (χ1) is 32.7. The van der Waals surface area contributed by atoms with Crippen molar-refractivity contribution in [2.45, 2.75) is 52.4 Å². The number of hydrogen-bond acceptors (Lipinski definition) is 8. The Morgan fingerprint density at radius 3 is 0.676 bits per heavy atom. The van der Waals surface area contributed by atoms with Crippen LogP contribution in [0.1, 0.15) is 74.9 Å². The number of phenols is 8. The molecular weight excluding hydrogens is 849 g/mol. The van der Waals surface area contributed by atoms with Crippen LogP contribution >= 0.6 is 0 Å². The molecule has 0 aromatic heterocycles. The SMILES string of the molecule is CC.CC.CC(c1ccc(-c2ccc(C(C)(c3cc(O)c4cccc(O)c4c3)c3cc(O)c4cccc(O)c4c3)cc2)cc1)(c1cc(O)c2cccc(O)c2c1)c1cc(O)c2cccc(O)c2c1. The lowest BCUT2D eigenvalue weighted by molar-refractivity contribution is 0.472. The summed E-state index contributed by atoms with van der Waals surface area (Å²) in [6.07, 6.45) is 0. The standard InChI is InChI=1S/C56H42O8.2C2H6/c1-55(35-23-43-39(51(61)27-35)7-3-11-47(43)57,36-24-44-40(52(62)28-36)8-4-12-48(44)58)33-19-15-31(16-20-33)32-17-21-34(22-18-32)56(2,37-25-45-41(53(63)29-37)9-5-13-49(45)59)38-26-46-42(54(64)30-38)10-6-14-50(46)60;2*1-2/h3-30,57-64H,1-2H3;2*1-2H3. The monoisotopic (exact) mass is 902 g/mol. The zero-order valence-electron chi connectivity index (χ0n) is 38.7. The zero-order chi connectivity index (χ0) is 48.7. The molecule has 10 aromatic rings. The fourth-order valence-corrected chi connectivity index (χ4v) is 9.55. The van der Waals surface area contributed by atoms with Gasteiger partial charge in [0, 0.05) is 53.9 Å². The first-order valence-corrected chi connectivity index (χ1v) is 22.8. The van der Waals surface area contributed by atoms with Gasteiger partial charge >= 0.3 is 0 Å². The maximum Gasteiger partial charge on any atom is 0.123 e. The van der Waals surface area contributed by atoms with Gasteiger partial charge in [0.15, 0.2) is 0 Å². The van der Waals surface area contributed by atoms with Crippen LogP contribution in [-0.2, 0) is 10.8 Å². The second-order valence-electron chi connectivity index (χ2n) is 16.9. The summed E-state index contributed by atoms with van der Waals surface area (Å²) in [4.78, 5) is 0. The molecule has 0 heterocycles.